The second kappa shape index (κ2) is 7.72. The Bertz CT molecular complexity index is 407. The van der Waals surface area contributed by atoms with Gasteiger partial charge in [0.05, 0.1) is 12.2 Å². The molecule has 6 heteroatoms. The summed E-state index contributed by atoms with van der Waals surface area (Å²) < 4.78 is 5.14. The van der Waals surface area contributed by atoms with E-state index in [1.54, 1.807) is 0 Å². The Balaban J connectivity index is 0.00000180. The molecule has 0 radical (unpaired) electrons. The Hall–Kier alpha value is -0.790. The lowest BCUT2D eigenvalue weighted by Crippen LogP contribution is -2.38. The van der Waals surface area contributed by atoms with Crippen LogP contribution in [0.3, 0.4) is 0 Å². The summed E-state index contributed by atoms with van der Waals surface area (Å²) >= 11 is 0. The second-order valence-corrected chi connectivity index (χ2v) is 4.82. The zero-order valence-corrected chi connectivity index (χ0v) is 14.2. The molecule has 0 amide bonds. The summed E-state index contributed by atoms with van der Waals surface area (Å²) in [5, 5.41) is 10.6. The van der Waals surface area contributed by atoms with Crippen LogP contribution in [0.2, 0.25) is 0 Å². The Kier molecular flexibility index (Phi) is 6.60. The summed E-state index contributed by atoms with van der Waals surface area (Å²) in [5.74, 6) is 2.58. The number of rotatable bonds is 5. The van der Waals surface area contributed by atoms with Crippen LogP contribution in [0.25, 0.3) is 0 Å². The number of aliphatic imine (C=N–C) groups is 1. The number of nitrogens with one attached hydrogen (secondary N) is 2. The number of aryl methyl sites for hydroxylation is 2. The molecule has 108 valence electrons. The quantitative estimate of drug-likeness (QED) is 0.469. The average Bonchev–Trinajstić information content (AvgIpc) is 3.12. The number of hydrogen-bond donors (Lipinski definition) is 2. The van der Waals surface area contributed by atoms with E-state index in [4.69, 9.17) is 4.52 Å². The third-order valence-electron chi connectivity index (χ3n) is 3.18. The van der Waals surface area contributed by atoms with E-state index in [0.29, 0.717) is 6.54 Å². The second-order valence-electron chi connectivity index (χ2n) is 4.82. The van der Waals surface area contributed by atoms with Gasteiger partial charge in [0.25, 0.3) is 0 Å². The van der Waals surface area contributed by atoms with Crippen molar-refractivity contribution in [2.45, 2.75) is 40.2 Å². The lowest BCUT2D eigenvalue weighted by atomic mass is 10.2. The zero-order valence-electron chi connectivity index (χ0n) is 11.8. The van der Waals surface area contributed by atoms with Crippen LogP contribution in [-0.2, 0) is 6.54 Å². The fourth-order valence-electron chi connectivity index (χ4n) is 1.79. The Morgan fingerprint density at radius 1 is 1.37 bits per heavy atom. The van der Waals surface area contributed by atoms with Crippen molar-refractivity contribution >= 4 is 29.9 Å². The number of aromatic nitrogens is 1. The monoisotopic (exact) mass is 378 g/mol. The molecule has 5 nitrogen and oxygen atoms in total. The summed E-state index contributed by atoms with van der Waals surface area (Å²) in [4.78, 5) is 4.57. The Labute approximate surface area is 131 Å². The molecular formula is C13H23IN4O. The van der Waals surface area contributed by atoms with Crippen molar-refractivity contribution < 1.29 is 4.52 Å². The van der Waals surface area contributed by atoms with Crippen LogP contribution in [0.5, 0.6) is 0 Å². The van der Waals surface area contributed by atoms with Gasteiger partial charge in [0, 0.05) is 18.7 Å². The molecule has 0 bridgehead atoms. The SMILES string of the molecule is CCNC(=NCc1c(C)noc1C)NCC1CC1.I. The minimum Gasteiger partial charge on any atom is -0.361 e. The molecule has 1 aromatic rings. The van der Waals surface area contributed by atoms with Crippen molar-refractivity contribution in [2.75, 3.05) is 13.1 Å². The van der Waals surface area contributed by atoms with Crippen molar-refractivity contribution in [3.8, 4) is 0 Å². The van der Waals surface area contributed by atoms with Gasteiger partial charge in [-0.1, -0.05) is 5.16 Å². The fourth-order valence-corrected chi connectivity index (χ4v) is 1.79. The molecule has 0 spiro atoms. The number of halogens is 1. The lowest BCUT2D eigenvalue weighted by molar-refractivity contribution is 0.392. The van der Waals surface area contributed by atoms with Crippen molar-refractivity contribution in [1.29, 1.82) is 0 Å². The van der Waals surface area contributed by atoms with Gasteiger partial charge in [0.2, 0.25) is 0 Å². The highest BCUT2D eigenvalue weighted by atomic mass is 127. The minimum atomic E-state index is 0. The summed E-state index contributed by atoms with van der Waals surface area (Å²) in [5.41, 5.74) is 2.01. The third-order valence-corrected chi connectivity index (χ3v) is 3.18. The van der Waals surface area contributed by atoms with Crippen molar-refractivity contribution in [3.05, 3.63) is 17.0 Å². The third kappa shape index (κ3) is 5.00. The number of guanidine groups is 1. The highest BCUT2D eigenvalue weighted by Gasteiger charge is 2.21. The van der Waals surface area contributed by atoms with Gasteiger partial charge in [0.1, 0.15) is 5.76 Å². The predicted molar refractivity (Wildman–Crippen MR) is 86.9 cm³/mol. The van der Waals surface area contributed by atoms with E-state index < -0.39 is 0 Å². The zero-order chi connectivity index (χ0) is 13.0. The van der Waals surface area contributed by atoms with Crippen LogP contribution in [0.1, 0.15) is 36.8 Å². The molecule has 1 fully saturated rings. The van der Waals surface area contributed by atoms with Gasteiger partial charge in [0.15, 0.2) is 5.96 Å². The standard InChI is InChI=1S/C13H22N4O.HI/c1-4-14-13(15-7-11-5-6-11)16-8-12-9(2)17-18-10(12)3;/h11H,4-8H2,1-3H3,(H2,14,15,16);1H. The van der Waals surface area contributed by atoms with Crippen molar-refractivity contribution in [2.24, 2.45) is 10.9 Å². The lowest BCUT2D eigenvalue weighted by Gasteiger charge is -2.10. The van der Waals surface area contributed by atoms with E-state index in [2.05, 4.69) is 27.7 Å². The summed E-state index contributed by atoms with van der Waals surface area (Å²) in [6, 6.07) is 0. The van der Waals surface area contributed by atoms with E-state index in [1.807, 2.05) is 13.8 Å². The minimum absolute atomic E-state index is 0. The normalized spacial score (nSPS) is 15.0. The van der Waals surface area contributed by atoms with Gasteiger partial charge in [-0.2, -0.15) is 0 Å². The Morgan fingerprint density at radius 2 is 2.11 bits per heavy atom. The highest BCUT2D eigenvalue weighted by molar-refractivity contribution is 14.0. The van der Waals surface area contributed by atoms with Crippen LogP contribution < -0.4 is 10.6 Å². The fraction of sp³-hybridized carbons (Fsp3) is 0.692. The van der Waals surface area contributed by atoms with E-state index in [0.717, 1.165) is 42.0 Å². The summed E-state index contributed by atoms with van der Waals surface area (Å²) in [6.45, 7) is 8.46. The van der Waals surface area contributed by atoms with Crippen LogP contribution in [0.15, 0.2) is 9.52 Å². The Morgan fingerprint density at radius 3 is 2.63 bits per heavy atom. The average molecular weight is 378 g/mol. The molecule has 2 N–H and O–H groups in total. The molecule has 1 heterocycles. The largest absolute Gasteiger partial charge is 0.361 e. The molecule has 1 saturated carbocycles. The first-order valence-electron chi connectivity index (χ1n) is 6.64. The van der Waals surface area contributed by atoms with Gasteiger partial charge in [-0.25, -0.2) is 4.99 Å². The number of hydrogen-bond acceptors (Lipinski definition) is 3. The molecule has 0 atom stereocenters. The maximum atomic E-state index is 5.14. The molecule has 2 rings (SSSR count). The van der Waals surface area contributed by atoms with Gasteiger partial charge >= 0.3 is 0 Å². The maximum Gasteiger partial charge on any atom is 0.191 e. The molecule has 1 aliphatic rings. The van der Waals surface area contributed by atoms with E-state index >= 15 is 0 Å². The first-order valence-corrected chi connectivity index (χ1v) is 6.64. The summed E-state index contributed by atoms with van der Waals surface area (Å²) in [7, 11) is 0. The van der Waals surface area contributed by atoms with Gasteiger partial charge in [-0.05, 0) is 39.5 Å². The van der Waals surface area contributed by atoms with Gasteiger partial charge in [-0.3, -0.25) is 0 Å². The molecule has 0 unspecified atom stereocenters. The molecule has 0 saturated heterocycles. The smallest absolute Gasteiger partial charge is 0.191 e. The van der Waals surface area contributed by atoms with Gasteiger partial charge in [-0.15, -0.1) is 24.0 Å². The molecular weight excluding hydrogens is 355 g/mol. The van der Waals surface area contributed by atoms with Crippen LogP contribution in [0, 0.1) is 19.8 Å². The molecule has 1 aliphatic carbocycles. The van der Waals surface area contributed by atoms with E-state index in [1.165, 1.54) is 12.8 Å². The van der Waals surface area contributed by atoms with Crippen LogP contribution in [0.4, 0.5) is 0 Å². The highest BCUT2D eigenvalue weighted by Crippen LogP contribution is 2.27. The van der Waals surface area contributed by atoms with Crippen LogP contribution in [-0.4, -0.2) is 24.2 Å². The molecule has 19 heavy (non-hydrogen) atoms. The van der Waals surface area contributed by atoms with Crippen molar-refractivity contribution in [1.82, 2.24) is 15.8 Å². The molecule has 0 aliphatic heterocycles. The van der Waals surface area contributed by atoms with E-state index in [-0.39, 0.29) is 24.0 Å². The maximum absolute atomic E-state index is 5.14. The van der Waals surface area contributed by atoms with Crippen molar-refractivity contribution in [3.63, 3.8) is 0 Å². The molecule has 1 aromatic heterocycles. The predicted octanol–water partition coefficient (Wildman–Crippen LogP) is 2.37. The first kappa shape index (κ1) is 16.3. The van der Waals surface area contributed by atoms with Crippen LogP contribution >= 0.6 is 24.0 Å². The summed E-state index contributed by atoms with van der Waals surface area (Å²) in [6.07, 6.45) is 2.69. The molecule has 0 aromatic carbocycles. The first-order chi connectivity index (χ1) is 8.70. The topological polar surface area (TPSA) is 62.5 Å². The van der Waals surface area contributed by atoms with E-state index in [9.17, 15) is 0 Å². The number of nitrogens with zero attached hydrogens (tertiary/aromatic N) is 2. The van der Waals surface area contributed by atoms with Gasteiger partial charge < -0.3 is 15.2 Å².